The van der Waals surface area contributed by atoms with Gasteiger partial charge in [-0.15, -0.1) is 0 Å². The molecule has 0 spiro atoms. The van der Waals surface area contributed by atoms with E-state index in [-0.39, 0.29) is 71.7 Å². The highest BCUT2D eigenvalue weighted by Crippen LogP contribution is 2.54. The SMILES string of the molecule is CC(C)C[C@H]1C(=O)N2CCC[C@H]2[C@]2(O)O[C@](NC(=O)[C@@H]3C=C4c5cccc6[nH]c(Br)c(c56)C[C@H]4N(C)C3)(C(C)C)C(=O)N12.CCN(CC)C(=O)N[C@H]1C=C2c3cccc4[nH]cc(c34)C[C@H]2N(C)C1.C[C@@](Cc1ccc(O)c(O)c1)(NN)C(=O)O.N[C@@H](Cc1ccc(O)c(O)c1)C(=O)O.OC(CCN1CCCCC1)(c1ccccc1)C1CC2C=CC1C2. The highest BCUT2D eigenvalue weighted by atomic mass is 79.9. The Labute approximate surface area is 715 Å². The van der Waals surface area contributed by atoms with Crippen molar-refractivity contribution in [2.75, 3.05) is 66.5 Å². The predicted octanol–water partition coefficient (Wildman–Crippen LogP) is 10.00. The number of aliphatic hydroxyl groups is 2. The van der Waals surface area contributed by atoms with Crippen LogP contribution < -0.4 is 27.6 Å². The number of hydrogen-bond donors (Lipinski definition) is 15. The molecule has 4 saturated heterocycles. The zero-order valence-electron chi connectivity index (χ0n) is 70.6. The third-order valence-corrected chi connectivity index (χ3v) is 27.2. The van der Waals surface area contributed by atoms with Gasteiger partial charge >= 0.3 is 18.0 Å². The Morgan fingerprint density at radius 1 is 0.760 bits per heavy atom. The second-order valence-electron chi connectivity index (χ2n) is 35.3. The molecule has 2 bridgehead atoms. The van der Waals surface area contributed by atoms with Crippen molar-refractivity contribution in [1.29, 1.82) is 0 Å². The Morgan fingerprint density at radius 2 is 1.40 bits per heavy atom. The number of nitrogens with zero attached hydrogens (tertiary/aromatic N) is 6. The standard InChI is InChI=1S/C32H40BrN5O5.C21H29NO.C20H26N4O.C10H14N2O4.C9H11NO4/c1-16(2)12-24-29(40)37-11-7-10-25(37)32(42)38(24)30(41)31(43-32,17(3)4)35-28(39)18-13-20-19-8-6-9-22-26(19)21(27(33)34-22)14-23(20)36(5)15-18;23-21(19-7-3-1-4-8-19,11-14-22-12-5-2-6-13-22)20-16-17-9-10-18(20)15-17;1-4-24(5-2)20(25)22-14-10-16-15-7-6-8-17-19(15)13(11-21-17)9-18(16)23(3)12-14;1-10(12-11,9(15)16)5-6-2-3-7(13)8(14)4-6;10-6(9(13)14)3-5-1-2-7(11)8(12)4-5/h6,8-9,13,16-18,23-25,34,42H,7,10-12,14-15H2,1-5H3,(H,35,39);1,3-4,7-10,17-18,20,23H,2,5-6,11-16H2;6-8,10-11,14,18,21H,4-5,9,12H2,1-3H3,(H,22,25);2-4,12-14H,5,11H2,1H3,(H,15,16);1-2,4,6,11-12H,3,10H2,(H,13,14)/t18-,23-,24+,25+,31-,32+;;14-,18+;10-;6-/m1.000/s1. The number of aliphatic carboxylic acids is 2. The van der Waals surface area contributed by atoms with E-state index >= 15 is 0 Å². The van der Waals surface area contributed by atoms with Gasteiger partial charge in [0.2, 0.25) is 17.5 Å². The van der Waals surface area contributed by atoms with Crippen molar-refractivity contribution >= 4 is 84.6 Å². The number of likely N-dealkylation sites (tertiary alicyclic amines) is 1. The number of phenolic OH excluding ortho intramolecular Hbond substituents is 4. The minimum absolute atomic E-state index is 0.0232. The maximum Gasteiger partial charge on any atom is 0.325 e. The highest BCUT2D eigenvalue weighted by Gasteiger charge is 2.72. The molecule has 2 aromatic heterocycles. The smallest absolute Gasteiger partial charge is 0.325 e. The maximum absolute atomic E-state index is 14.4. The molecule has 6 aliphatic heterocycles. The Morgan fingerprint density at radius 3 is 2.02 bits per heavy atom. The lowest BCUT2D eigenvalue weighted by atomic mass is 9.72. The number of amides is 5. The fraction of sp³-hybridized carbons (Fsp3) is 0.500. The molecule has 10 aliphatic rings. The minimum atomic E-state index is -2.01. The summed E-state index contributed by atoms with van der Waals surface area (Å²) in [5, 5.41) is 86.6. The summed E-state index contributed by atoms with van der Waals surface area (Å²) < 4.78 is 7.43. The Bertz CT molecular complexity index is 5060. The summed E-state index contributed by atoms with van der Waals surface area (Å²) in [7, 11) is 4.19. The van der Waals surface area contributed by atoms with Gasteiger partial charge in [0.15, 0.2) is 23.0 Å². The molecule has 5 aromatic carbocycles. The van der Waals surface area contributed by atoms with E-state index in [9.17, 15) is 44.1 Å². The number of fused-ring (bicyclic) bond motifs is 9. The molecule has 17 N–H and O–H groups in total. The summed E-state index contributed by atoms with van der Waals surface area (Å²) in [4.78, 5) is 94.8. The van der Waals surface area contributed by atoms with E-state index in [1.807, 2.05) is 51.8 Å². The number of carboxylic acid groups (broad SMARTS) is 2. The molecule has 0 radical (unpaired) electrons. The molecule has 5 amide bonds. The number of phenols is 4. The van der Waals surface area contributed by atoms with E-state index in [2.05, 4.69) is 149 Å². The first-order chi connectivity index (χ1) is 57.6. The lowest BCUT2D eigenvalue weighted by Crippen LogP contribution is -2.71. The molecule has 28 nitrogen and oxygen atoms in total. The van der Waals surface area contributed by atoms with Crippen LogP contribution in [0.15, 0.2) is 138 Å². The molecule has 650 valence electrons. The lowest BCUT2D eigenvalue weighted by Gasteiger charge is -2.49. The second-order valence-corrected chi connectivity index (χ2v) is 36.1. The fourth-order valence-corrected chi connectivity index (χ4v) is 20.4. The van der Waals surface area contributed by atoms with Gasteiger partial charge in [-0.25, -0.2) is 10.2 Å². The van der Waals surface area contributed by atoms with Crippen LogP contribution in [-0.4, -0.2) is 236 Å². The van der Waals surface area contributed by atoms with Crippen molar-refractivity contribution in [2.45, 2.75) is 191 Å². The van der Waals surface area contributed by atoms with Crippen LogP contribution in [-0.2, 0) is 60.0 Å². The zero-order valence-corrected chi connectivity index (χ0v) is 72.2. The van der Waals surface area contributed by atoms with Crippen molar-refractivity contribution in [3.05, 3.63) is 177 Å². The number of urea groups is 1. The number of H-pyrrole nitrogens is 2. The summed E-state index contributed by atoms with van der Waals surface area (Å²) in [6.45, 7) is 19.8. The third-order valence-electron chi connectivity index (χ3n) is 26.5. The molecular formula is C92H120BrN13O15. The number of nitrogens with one attached hydrogen (secondary N) is 5. The van der Waals surface area contributed by atoms with E-state index < -0.39 is 70.6 Å². The number of aromatic amines is 2. The number of nitrogens with two attached hydrogens (primary N) is 2. The molecule has 29 heteroatoms. The number of piperidine rings is 1. The number of carbonyl (C=O) groups excluding carboxylic acids is 4. The normalized spacial score (nSPS) is 26.2. The number of aromatic nitrogens is 2. The van der Waals surface area contributed by atoms with Crippen LogP contribution in [0, 0.1) is 35.5 Å². The van der Waals surface area contributed by atoms with Gasteiger partial charge in [0, 0.05) is 91.7 Å². The third kappa shape index (κ3) is 18.1. The van der Waals surface area contributed by atoms with Crippen molar-refractivity contribution in [3.63, 3.8) is 0 Å². The molecular weight excluding hydrogens is 1610 g/mol. The topological polar surface area (TPSA) is 413 Å². The van der Waals surface area contributed by atoms with Crippen molar-refractivity contribution in [3.8, 4) is 23.0 Å². The molecule has 14 atom stereocenters. The quantitative estimate of drug-likeness (QED) is 0.0146. The van der Waals surface area contributed by atoms with Crippen LogP contribution in [0.4, 0.5) is 4.79 Å². The van der Waals surface area contributed by atoms with Gasteiger partial charge in [0.05, 0.1) is 22.2 Å². The van der Waals surface area contributed by atoms with Gasteiger partial charge in [0.1, 0.15) is 23.7 Å². The van der Waals surface area contributed by atoms with Gasteiger partial charge < -0.3 is 81.9 Å². The molecule has 4 unspecified atom stereocenters. The lowest BCUT2D eigenvalue weighted by molar-refractivity contribution is -0.322. The largest absolute Gasteiger partial charge is 0.504 e. The number of carbonyl (C=O) groups is 6. The summed E-state index contributed by atoms with van der Waals surface area (Å²) in [5.74, 6) is -0.410. The number of ether oxygens (including phenoxy) is 1. The Balaban J connectivity index is 0.000000139. The van der Waals surface area contributed by atoms with Gasteiger partial charge in [-0.3, -0.25) is 49.3 Å². The van der Waals surface area contributed by atoms with Crippen LogP contribution >= 0.6 is 15.9 Å². The number of benzene rings is 5. The molecule has 1 saturated carbocycles. The number of carboxylic acids is 2. The van der Waals surface area contributed by atoms with Crippen molar-refractivity contribution in [1.82, 2.24) is 55.4 Å². The summed E-state index contributed by atoms with van der Waals surface area (Å²) in [5.41, 5.74) is 15.7. The number of hydrogen-bond acceptors (Lipinski definition) is 19. The first-order valence-corrected chi connectivity index (χ1v) is 43.5. The van der Waals surface area contributed by atoms with E-state index in [4.69, 9.17) is 41.8 Å². The molecule has 8 heterocycles. The summed E-state index contributed by atoms with van der Waals surface area (Å²) in [6.07, 6.45) is 22.2. The highest BCUT2D eigenvalue weighted by molar-refractivity contribution is 9.10. The monoisotopic (exact) mass is 1730 g/mol. The fourth-order valence-electron chi connectivity index (χ4n) is 19.9. The van der Waals surface area contributed by atoms with Gasteiger partial charge in [-0.2, -0.15) is 0 Å². The number of likely N-dealkylation sites (N-methyl/N-ethyl adjacent to an activating group) is 2. The average Bonchev–Trinajstić information content (AvgIpc) is 1.53. The molecule has 4 aliphatic carbocycles. The van der Waals surface area contributed by atoms with E-state index in [1.54, 1.807) is 18.7 Å². The van der Waals surface area contributed by atoms with E-state index in [1.165, 1.54) is 126 Å². The number of halogens is 1. The predicted molar refractivity (Wildman–Crippen MR) is 466 cm³/mol. The first kappa shape index (κ1) is 89.1. The van der Waals surface area contributed by atoms with Crippen molar-refractivity contribution < 1.29 is 74.4 Å². The van der Waals surface area contributed by atoms with Crippen LogP contribution in [0.25, 0.3) is 33.0 Å². The number of allylic oxidation sites excluding steroid dienone is 2. The molecule has 17 rings (SSSR count). The number of hydrazine groups is 1. The van der Waals surface area contributed by atoms with Gasteiger partial charge in [-0.05, 0) is 245 Å². The zero-order chi connectivity index (χ0) is 86.9. The van der Waals surface area contributed by atoms with E-state index in [0.717, 1.165) is 85.1 Å². The van der Waals surface area contributed by atoms with E-state index in [0.29, 0.717) is 60.9 Å². The van der Waals surface area contributed by atoms with Crippen LogP contribution in [0.1, 0.15) is 145 Å². The second kappa shape index (κ2) is 36.8. The Kier molecular flexibility index (Phi) is 27.1. The summed E-state index contributed by atoms with van der Waals surface area (Å²) in [6, 6.07) is 29.3. The van der Waals surface area contributed by atoms with Gasteiger partial charge in [-0.1, -0.05) is 125 Å². The average molecular weight is 1730 g/mol. The molecule has 5 fully saturated rings. The van der Waals surface area contributed by atoms with Crippen LogP contribution in [0.5, 0.6) is 23.0 Å². The number of piperazine rings is 1. The number of rotatable bonds is 20. The molecule has 7 aromatic rings. The van der Waals surface area contributed by atoms with Crippen LogP contribution in [0.2, 0.25) is 0 Å². The first-order valence-electron chi connectivity index (χ1n) is 42.7. The molecule has 121 heavy (non-hydrogen) atoms. The number of aromatic hydroxyl groups is 4. The van der Waals surface area contributed by atoms with Crippen LogP contribution in [0.3, 0.4) is 0 Å². The minimum Gasteiger partial charge on any atom is -0.504 e. The summed E-state index contributed by atoms with van der Waals surface area (Å²) >= 11 is 3.70. The maximum atomic E-state index is 14.4. The Hall–Kier alpha value is -9.66. The van der Waals surface area contributed by atoms with Crippen molar-refractivity contribution in [2.24, 2.45) is 47.1 Å². The van der Waals surface area contributed by atoms with Gasteiger partial charge in [0.25, 0.3) is 11.8 Å².